The third-order valence-corrected chi connectivity index (χ3v) is 4.60. The zero-order chi connectivity index (χ0) is 18.3. The van der Waals surface area contributed by atoms with E-state index in [-0.39, 0.29) is 10.6 Å². The van der Waals surface area contributed by atoms with Crippen molar-refractivity contribution in [3.63, 3.8) is 0 Å². The Morgan fingerprint density at radius 1 is 1.08 bits per heavy atom. The van der Waals surface area contributed by atoms with E-state index in [2.05, 4.69) is 0 Å². The minimum atomic E-state index is -2.03. The van der Waals surface area contributed by atoms with Gasteiger partial charge in [-0.2, -0.15) is 0 Å². The number of hydrogen-bond acceptors (Lipinski definition) is 5. The molecule has 0 radical (unpaired) electrons. The fourth-order valence-corrected chi connectivity index (χ4v) is 3.56. The first-order chi connectivity index (χ1) is 11.2. The van der Waals surface area contributed by atoms with E-state index in [1.165, 1.54) is 12.1 Å². The van der Waals surface area contributed by atoms with E-state index < -0.39 is 25.4 Å². The fourth-order valence-electron chi connectivity index (χ4n) is 2.51. The van der Waals surface area contributed by atoms with Gasteiger partial charge in [0, 0.05) is 23.5 Å². The van der Waals surface area contributed by atoms with Crippen molar-refractivity contribution in [2.24, 2.45) is 0 Å². The molecule has 1 aromatic carbocycles. The van der Waals surface area contributed by atoms with E-state index in [1.807, 2.05) is 26.6 Å². The van der Waals surface area contributed by atoms with Crippen molar-refractivity contribution < 1.29 is 14.3 Å². The Hall–Kier alpha value is -1.80. The summed E-state index contributed by atoms with van der Waals surface area (Å²) >= 11 is 0. The lowest BCUT2D eigenvalue weighted by Gasteiger charge is -2.28. The summed E-state index contributed by atoms with van der Waals surface area (Å²) in [6.45, 7) is 7.99. The van der Waals surface area contributed by atoms with Crippen LogP contribution in [0.5, 0.6) is 0 Å². The molecule has 0 aliphatic heterocycles. The second-order valence-corrected chi connectivity index (χ2v) is 11.3. The van der Waals surface area contributed by atoms with Gasteiger partial charge in [0.05, 0.1) is 4.92 Å². The zero-order valence-electron chi connectivity index (χ0n) is 14.7. The van der Waals surface area contributed by atoms with Gasteiger partial charge in [0.15, 0.2) is 8.32 Å². The number of unbranched alkanes of at least 4 members (excludes halogenated alkanes) is 2. The minimum absolute atomic E-state index is 0.0332. The fraction of sp³-hybridized carbons (Fsp3) is 0.625. The molecule has 0 bridgehead atoms. The first-order valence-electron chi connectivity index (χ1n) is 8.21. The second kappa shape index (κ2) is 8.88. The number of nitro groups is 2. The summed E-state index contributed by atoms with van der Waals surface area (Å²) in [5.41, 5.74) is 0.593. The summed E-state index contributed by atoms with van der Waals surface area (Å²) < 4.78 is 6.11. The lowest BCUT2D eigenvalue weighted by atomic mass is 9.97. The first kappa shape index (κ1) is 20.2. The lowest BCUT2D eigenvalue weighted by molar-refractivity contribution is -0.535. The molecule has 0 saturated carbocycles. The van der Waals surface area contributed by atoms with Crippen LogP contribution in [0.1, 0.15) is 44.3 Å². The highest BCUT2D eigenvalue weighted by Gasteiger charge is 2.36. The molecule has 0 aliphatic rings. The Labute approximate surface area is 143 Å². The maximum absolute atomic E-state index is 11.6. The molecule has 0 saturated heterocycles. The van der Waals surface area contributed by atoms with Crippen molar-refractivity contribution in [1.29, 1.82) is 0 Å². The van der Waals surface area contributed by atoms with Gasteiger partial charge >= 0.3 is 0 Å². The van der Waals surface area contributed by atoms with Crippen LogP contribution in [0.15, 0.2) is 24.3 Å². The highest BCUT2D eigenvalue weighted by atomic mass is 28.4. The van der Waals surface area contributed by atoms with E-state index in [1.54, 1.807) is 12.1 Å². The van der Waals surface area contributed by atoms with E-state index >= 15 is 0 Å². The van der Waals surface area contributed by atoms with Crippen molar-refractivity contribution in [1.82, 2.24) is 0 Å². The van der Waals surface area contributed by atoms with Crippen LogP contribution < -0.4 is 0 Å². The number of nitrogens with zero attached hydrogens (tertiary/aromatic N) is 2. The van der Waals surface area contributed by atoms with Crippen molar-refractivity contribution in [2.45, 2.75) is 64.4 Å². The van der Waals surface area contributed by atoms with E-state index in [4.69, 9.17) is 4.43 Å². The van der Waals surface area contributed by atoms with Crippen LogP contribution in [0, 0.1) is 20.2 Å². The van der Waals surface area contributed by atoms with Crippen LogP contribution in [0.25, 0.3) is 0 Å². The molecule has 24 heavy (non-hydrogen) atoms. The molecule has 2 unspecified atom stereocenters. The van der Waals surface area contributed by atoms with Gasteiger partial charge in [-0.25, -0.2) is 0 Å². The molecule has 8 heteroatoms. The molecule has 7 nitrogen and oxygen atoms in total. The Balaban J connectivity index is 3.12. The Bertz CT molecular complexity index is 557. The van der Waals surface area contributed by atoms with Gasteiger partial charge in [0.25, 0.3) is 5.69 Å². The SMILES string of the molecule is CCCCCC(C(O[Si](C)(C)C)c1ccc([N+](=O)[O-])cc1)[N+](=O)[O-]. The monoisotopic (exact) mass is 354 g/mol. The standard InChI is InChI=1S/C16H26N2O5Si/c1-5-6-7-8-15(18(21)22)16(23-24(2,3)4)13-9-11-14(12-10-13)17(19)20/h9-12,15-16H,5-8H2,1-4H3. The first-order valence-corrected chi connectivity index (χ1v) is 11.6. The van der Waals surface area contributed by atoms with E-state index in [9.17, 15) is 20.2 Å². The smallest absolute Gasteiger partial charge is 0.269 e. The normalized spacial score (nSPS) is 14.2. The Morgan fingerprint density at radius 2 is 1.67 bits per heavy atom. The molecular formula is C16H26N2O5Si. The van der Waals surface area contributed by atoms with Crippen LogP contribution >= 0.6 is 0 Å². The van der Waals surface area contributed by atoms with Crippen LogP contribution in [-0.2, 0) is 4.43 Å². The molecule has 2 atom stereocenters. The summed E-state index contributed by atoms with van der Waals surface area (Å²) in [5, 5.41) is 22.4. The maximum Gasteiger partial charge on any atom is 0.269 e. The molecule has 0 fully saturated rings. The molecule has 0 spiro atoms. The van der Waals surface area contributed by atoms with Gasteiger partial charge in [0.2, 0.25) is 6.04 Å². The predicted octanol–water partition coefficient (Wildman–Crippen LogP) is 4.71. The minimum Gasteiger partial charge on any atom is -0.404 e. The van der Waals surface area contributed by atoms with Gasteiger partial charge in [-0.15, -0.1) is 0 Å². The van der Waals surface area contributed by atoms with Gasteiger partial charge < -0.3 is 4.43 Å². The van der Waals surface area contributed by atoms with E-state index in [0.29, 0.717) is 12.0 Å². The highest BCUT2D eigenvalue weighted by molar-refractivity contribution is 6.69. The number of non-ortho nitro benzene ring substituents is 1. The summed E-state index contributed by atoms with van der Waals surface area (Å²) in [6, 6.07) is 5.04. The number of rotatable bonds is 10. The average Bonchev–Trinajstić information content (AvgIpc) is 2.48. The molecule has 0 aliphatic carbocycles. The Kier molecular flexibility index (Phi) is 7.49. The van der Waals surface area contributed by atoms with Crippen LogP contribution in [0.4, 0.5) is 5.69 Å². The topological polar surface area (TPSA) is 95.5 Å². The summed E-state index contributed by atoms with van der Waals surface area (Å²) in [6.07, 6.45) is 2.45. The molecular weight excluding hydrogens is 328 g/mol. The average molecular weight is 354 g/mol. The summed E-state index contributed by atoms with van der Waals surface area (Å²) in [4.78, 5) is 21.6. The quantitative estimate of drug-likeness (QED) is 0.262. The van der Waals surface area contributed by atoms with Gasteiger partial charge in [-0.1, -0.05) is 19.8 Å². The number of hydrogen-bond donors (Lipinski definition) is 0. The van der Waals surface area contributed by atoms with Crippen molar-refractivity contribution in [3.8, 4) is 0 Å². The Morgan fingerprint density at radius 3 is 2.08 bits per heavy atom. The largest absolute Gasteiger partial charge is 0.404 e. The van der Waals surface area contributed by atoms with Gasteiger partial charge in [-0.05, 0) is 43.8 Å². The highest BCUT2D eigenvalue weighted by Crippen LogP contribution is 2.31. The molecule has 1 aromatic rings. The number of benzene rings is 1. The van der Waals surface area contributed by atoms with Crippen LogP contribution in [-0.4, -0.2) is 24.2 Å². The molecule has 134 valence electrons. The van der Waals surface area contributed by atoms with Crippen LogP contribution in [0.2, 0.25) is 19.6 Å². The van der Waals surface area contributed by atoms with E-state index in [0.717, 1.165) is 19.3 Å². The number of nitro benzene ring substituents is 1. The van der Waals surface area contributed by atoms with Gasteiger partial charge in [0.1, 0.15) is 6.10 Å². The van der Waals surface area contributed by atoms with Crippen LogP contribution in [0.3, 0.4) is 0 Å². The third-order valence-electron chi connectivity index (χ3n) is 3.64. The van der Waals surface area contributed by atoms with Gasteiger partial charge in [-0.3, -0.25) is 20.2 Å². The molecule has 1 rings (SSSR count). The molecule has 0 amide bonds. The molecule has 0 aromatic heterocycles. The zero-order valence-corrected chi connectivity index (χ0v) is 15.7. The third kappa shape index (κ3) is 6.36. The second-order valence-electron chi connectivity index (χ2n) is 6.85. The molecule has 0 heterocycles. The lowest BCUT2D eigenvalue weighted by Crippen LogP contribution is -2.37. The van der Waals surface area contributed by atoms with Crippen molar-refractivity contribution in [3.05, 3.63) is 50.1 Å². The predicted molar refractivity (Wildman–Crippen MR) is 95.2 cm³/mol. The van der Waals surface area contributed by atoms with Crippen molar-refractivity contribution >= 4 is 14.0 Å². The summed E-state index contributed by atoms with van der Waals surface area (Å²) in [5.74, 6) is 0. The van der Waals surface area contributed by atoms with Crippen molar-refractivity contribution in [2.75, 3.05) is 0 Å². The molecule has 0 N–H and O–H groups in total. The summed E-state index contributed by atoms with van der Waals surface area (Å²) in [7, 11) is -2.03. The maximum atomic E-state index is 11.6.